The van der Waals surface area contributed by atoms with Crippen molar-refractivity contribution in [2.45, 2.75) is 26.1 Å². The van der Waals surface area contributed by atoms with E-state index in [9.17, 15) is 13.6 Å². The van der Waals surface area contributed by atoms with Crippen molar-refractivity contribution in [1.29, 1.82) is 0 Å². The van der Waals surface area contributed by atoms with Gasteiger partial charge < -0.3 is 15.4 Å². The first-order valence-electron chi connectivity index (χ1n) is 9.84. The first-order chi connectivity index (χ1) is 14.0. The van der Waals surface area contributed by atoms with Crippen LogP contribution in [0.4, 0.5) is 8.78 Å². The molecule has 1 aliphatic heterocycles. The predicted molar refractivity (Wildman–Crippen MR) is 107 cm³/mol. The molecule has 0 unspecified atom stereocenters. The zero-order valence-electron chi connectivity index (χ0n) is 16.6. The number of amides is 1. The lowest BCUT2D eigenvalue weighted by Crippen LogP contribution is -2.35. The summed E-state index contributed by atoms with van der Waals surface area (Å²) >= 11 is 0. The normalized spacial score (nSPS) is 15.8. The van der Waals surface area contributed by atoms with Crippen molar-refractivity contribution in [2.24, 2.45) is 0 Å². The van der Waals surface area contributed by atoms with Crippen LogP contribution in [0.1, 0.15) is 29.7 Å². The number of nitrogens with one attached hydrogen (secondary N) is 2. The molecule has 1 atom stereocenters. The summed E-state index contributed by atoms with van der Waals surface area (Å²) in [7, 11) is 0. The Bertz CT molecular complexity index is 808. The molecule has 0 aliphatic carbocycles. The minimum Gasteiger partial charge on any atom is -0.379 e. The maximum Gasteiger partial charge on any atom is 0.234 e. The third kappa shape index (κ3) is 6.59. The van der Waals surface area contributed by atoms with Gasteiger partial charge in [0.25, 0.3) is 0 Å². The molecule has 5 nitrogen and oxygen atoms in total. The third-order valence-electron chi connectivity index (χ3n) is 5.02. The summed E-state index contributed by atoms with van der Waals surface area (Å²) in [6.45, 7) is 6.57. The monoisotopic (exact) mass is 403 g/mol. The molecule has 1 aliphatic rings. The van der Waals surface area contributed by atoms with Gasteiger partial charge in [-0.25, -0.2) is 8.78 Å². The lowest BCUT2D eigenvalue weighted by atomic mass is 10.1. The van der Waals surface area contributed by atoms with E-state index in [2.05, 4.69) is 27.7 Å². The standard InChI is InChI=1S/C22H27F2N3O2/c1-16(20-7-6-19(23)12-21(20)24)25-14-22(28)26-13-17-2-4-18(5-3-17)15-27-8-10-29-11-9-27/h2-7,12,16,25H,8-11,13-15H2,1H3,(H,26,28)/t16-/m0/s1. The zero-order valence-corrected chi connectivity index (χ0v) is 16.6. The first-order valence-corrected chi connectivity index (χ1v) is 9.84. The van der Waals surface area contributed by atoms with Crippen LogP contribution in [0.5, 0.6) is 0 Å². The van der Waals surface area contributed by atoms with E-state index in [0.717, 1.165) is 44.5 Å². The Hall–Kier alpha value is -2.35. The highest BCUT2D eigenvalue weighted by Crippen LogP contribution is 2.17. The van der Waals surface area contributed by atoms with Crippen LogP contribution in [-0.4, -0.2) is 43.7 Å². The average molecular weight is 403 g/mol. The SMILES string of the molecule is C[C@H](NCC(=O)NCc1ccc(CN2CCOCC2)cc1)c1ccc(F)cc1F. The number of carbonyl (C=O) groups is 1. The lowest BCUT2D eigenvalue weighted by molar-refractivity contribution is -0.120. The number of ether oxygens (including phenoxy) is 1. The van der Waals surface area contributed by atoms with Crippen molar-refractivity contribution in [3.63, 3.8) is 0 Å². The number of halogens is 2. The van der Waals surface area contributed by atoms with Gasteiger partial charge in [0.1, 0.15) is 11.6 Å². The molecule has 1 fully saturated rings. The van der Waals surface area contributed by atoms with Gasteiger partial charge in [0.2, 0.25) is 5.91 Å². The highest BCUT2D eigenvalue weighted by atomic mass is 19.1. The molecule has 0 spiro atoms. The van der Waals surface area contributed by atoms with E-state index in [0.29, 0.717) is 12.1 Å². The third-order valence-corrected chi connectivity index (χ3v) is 5.02. The molecule has 1 saturated heterocycles. The molecular weight excluding hydrogens is 376 g/mol. The number of rotatable bonds is 8. The van der Waals surface area contributed by atoms with Gasteiger partial charge in [0.15, 0.2) is 0 Å². The molecule has 7 heteroatoms. The van der Waals surface area contributed by atoms with Gasteiger partial charge in [-0.1, -0.05) is 30.3 Å². The highest BCUT2D eigenvalue weighted by Gasteiger charge is 2.13. The van der Waals surface area contributed by atoms with Gasteiger partial charge in [-0.05, 0) is 24.1 Å². The molecular formula is C22H27F2N3O2. The molecule has 29 heavy (non-hydrogen) atoms. The highest BCUT2D eigenvalue weighted by molar-refractivity contribution is 5.78. The lowest BCUT2D eigenvalue weighted by Gasteiger charge is -2.26. The second-order valence-electron chi connectivity index (χ2n) is 7.25. The Balaban J connectivity index is 1.40. The van der Waals surface area contributed by atoms with E-state index in [-0.39, 0.29) is 12.5 Å². The van der Waals surface area contributed by atoms with E-state index in [1.807, 2.05) is 12.1 Å². The van der Waals surface area contributed by atoms with Gasteiger partial charge >= 0.3 is 0 Å². The second-order valence-corrected chi connectivity index (χ2v) is 7.25. The van der Waals surface area contributed by atoms with E-state index in [1.54, 1.807) is 6.92 Å². The maximum atomic E-state index is 13.8. The molecule has 2 N–H and O–H groups in total. The summed E-state index contributed by atoms with van der Waals surface area (Å²) in [5, 5.41) is 5.81. The van der Waals surface area contributed by atoms with Crippen molar-refractivity contribution >= 4 is 5.91 Å². The van der Waals surface area contributed by atoms with Crippen molar-refractivity contribution in [1.82, 2.24) is 15.5 Å². The number of hydrogen-bond donors (Lipinski definition) is 2. The predicted octanol–water partition coefficient (Wildman–Crippen LogP) is 2.76. The maximum absolute atomic E-state index is 13.8. The van der Waals surface area contributed by atoms with Crippen LogP contribution in [0.2, 0.25) is 0 Å². The Morgan fingerprint density at radius 1 is 1.10 bits per heavy atom. The number of benzene rings is 2. The van der Waals surface area contributed by atoms with Gasteiger partial charge in [0.05, 0.1) is 19.8 Å². The summed E-state index contributed by atoms with van der Waals surface area (Å²) in [5.74, 6) is -1.42. The quantitative estimate of drug-likeness (QED) is 0.712. The fourth-order valence-electron chi connectivity index (χ4n) is 3.25. The van der Waals surface area contributed by atoms with Crippen LogP contribution in [0.25, 0.3) is 0 Å². The average Bonchev–Trinajstić information content (AvgIpc) is 2.72. The van der Waals surface area contributed by atoms with Crippen LogP contribution < -0.4 is 10.6 Å². The molecule has 2 aromatic rings. The van der Waals surface area contributed by atoms with Gasteiger partial charge in [-0.2, -0.15) is 0 Å². The number of hydrogen-bond acceptors (Lipinski definition) is 4. The van der Waals surface area contributed by atoms with Crippen LogP contribution in [0.3, 0.4) is 0 Å². The van der Waals surface area contributed by atoms with Crippen molar-refractivity contribution < 1.29 is 18.3 Å². The van der Waals surface area contributed by atoms with Gasteiger partial charge in [0, 0.05) is 43.9 Å². The molecule has 0 bridgehead atoms. The topological polar surface area (TPSA) is 53.6 Å². The van der Waals surface area contributed by atoms with Crippen LogP contribution in [-0.2, 0) is 22.6 Å². The fraction of sp³-hybridized carbons (Fsp3) is 0.409. The Kier molecular flexibility index (Phi) is 7.69. The Morgan fingerprint density at radius 2 is 1.79 bits per heavy atom. The molecule has 0 saturated carbocycles. The van der Waals surface area contributed by atoms with E-state index in [4.69, 9.17) is 4.74 Å². The van der Waals surface area contributed by atoms with Crippen LogP contribution in [0, 0.1) is 11.6 Å². The van der Waals surface area contributed by atoms with Crippen molar-refractivity contribution in [3.8, 4) is 0 Å². The van der Waals surface area contributed by atoms with E-state index >= 15 is 0 Å². The van der Waals surface area contributed by atoms with Crippen molar-refractivity contribution in [3.05, 3.63) is 70.8 Å². The molecule has 0 radical (unpaired) electrons. The van der Waals surface area contributed by atoms with Crippen LogP contribution in [0.15, 0.2) is 42.5 Å². The Morgan fingerprint density at radius 3 is 2.48 bits per heavy atom. The van der Waals surface area contributed by atoms with Gasteiger partial charge in [-0.3, -0.25) is 9.69 Å². The summed E-state index contributed by atoms with van der Waals surface area (Å²) in [6, 6.07) is 11.2. The fourth-order valence-corrected chi connectivity index (χ4v) is 3.25. The molecule has 2 aromatic carbocycles. The Labute approximate surface area is 170 Å². The van der Waals surface area contributed by atoms with Gasteiger partial charge in [-0.15, -0.1) is 0 Å². The summed E-state index contributed by atoms with van der Waals surface area (Å²) < 4.78 is 32.1. The molecule has 3 rings (SSSR count). The number of nitrogens with zero attached hydrogens (tertiary/aromatic N) is 1. The minimum atomic E-state index is -0.623. The molecule has 156 valence electrons. The van der Waals surface area contributed by atoms with E-state index < -0.39 is 17.7 Å². The smallest absolute Gasteiger partial charge is 0.234 e. The minimum absolute atomic E-state index is 0.0487. The number of morpholine rings is 1. The summed E-state index contributed by atoms with van der Waals surface area (Å²) in [5.41, 5.74) is 2.58. The van der Waals surface area contributed by atoms with E-state index in [1.165, 1.54) is 17.7 Å². The largest absolute Gasteiger partial charge is 0.379 e. The van der Waals surface area contributed by atoms with Crippen molar-refractivity contribution in [2.75, 3.05) is 32.8 Å². The molecule has 1 heterocycles. The summed E-state index contributed by atoms with van der Waals surface area (Å²) in [6.07, 6.45) is 0. The second kappa shape index (κ2) is 10.4. The molecule has 0 aromatic heterocycles. The number of carbonyl (C=O) groups excluding carboxylic acids is 1. The first kappa shape index (κ1) is 21.4. The van der Waals surface area contributed by atoms with Crippen LogP contribution >= 0.6 is 0 Å². The summed E-state index contributed by atoms with van der Waals surface area (Å²) in [4.78, 5) is 14.4. The molecule has 1 amide bonds. The zero-order chi connectivity index (χ0) is 20.6.